The Hall–Kier alpha value is -2.04. The van der Waals surface area contributed by atoms with Gasteiger partial charge in [-0.25, -0.2) is 0 Å². The van der Waals surface area contributed by atoms with Crippen molar-refractivity contribution in [3.8, 4) is 0 Å². The molecule has 4 rings (SSSR count). The molecule has 3 aliphatic carbocycles. The number of rotatable bonds is 5. The van der Waals surface area contributed by atoms with Gasteiger partial charge in [-0.1, -0.05) is 42.5 Å². The average Bonchev–Trinajstić information content (AvgIpc) is 2.61. The lowest BCUT2D eigenvalue weighted by atomic mass is 9.59. The Balaban J connectivity index is 2.07. The summed E-state index contributed by atoms with van der Waals surface area (Å²) in [4.78, 5) is 24.5. The van der Waals surface area contributed by atoms with E-state index in [1.54, 1.807) is 6.08 Å². The van der Waals surface area contributed by atoms with E-state index in [1.165, 1.54) is 27.2 Å². The first-order valence-electron chi connectivity index (χ1n) is 8.13. The van der Waals surface area contributed by atoms with Crippen LogP contribution in [0.5, 0.6) is 0 Å². The van der Waals surface area contributed by atoms with Crippen molar-refractivity contribution in [1.29, 1.82) is 0 Å². The highest BCUT2D eigenvalue weighted by molar-refractivity contribution is 5.95. The molecular formula is C20H22O4. The largest absolute Gasteiger partial charge is 0.347 e. The zero-order valence-corrected chi connectivity index (χ0v) is 14.2. The molecule has 2 bridgehead atoms. The van der Waals surface area contributed by atoms with E-state index in [2.05, 4.69) is 0 Å². The molecule has 1 aromatic carbocycles. The van der Waals surface area contributed by atoms with E-state index in [1.807, 2.05) is 36.4 Å². The molecule has 126 valence electrons. The Labute approximate surface area is 142 Å². The predicted molar refractivity (Wildman–Crippen MR) is 90.4 cm³/mol. The molecule has 0 amide bonds. The van der Waals surface area contributed by atoms with Crippen molar-refractivity contribution in [1.82, 2.24) is 0 Å². The highest BCUT2D eigenvalue weighted by atomic mass is 16.7. The summed E-state index contributed by atoms with van der Waals surface area (Å²) in [7, 11) is 3.02. The van der Waals surface area contributed by atoms with E-state index >= 15 is 0 Å². The third-order valence-corrected chi connectivity index (χ3v) is 5.12. The van der Waals surface area contributed by atoms with Gasteiger partial charge in [0.05, 0.1) is 5.92 Å². The van der Waals surface area contributed by atoms with Gasteiger partial charge in [0.15, 0.2) is 5.78 Å². The second-order valence-electron chi connectivity index (χ2n) is 6.39. The van der Waals surface area contributed by atoms with Gasteiger partial charge in [-0.2, -0.15) is 0 Å². The molecule has 24 heavy (non-hydrogen) atoms. The molecule has 1 aromatic rings. The minimum Gasteiger partial charge on any atom is -0.347 e. The third-order valence-electron chi connectivity index (χ3n) is 5.12. The average molecular weight is 326 g/mol. The van der Waals surface area contributed by atoms with Crippen LogP contribution >= 0.6 is 0 Å². The molecule has 1 saturated carbocycles. The fraction of sp³-hybridized carbons (Fsp3) is 0.400. The Kier molecular flexibility index (Phi) is 4.52. The number of fused-ring (bicyclic) bond motifs is 2. The summed E-state index contributed by atoms with van der Waals surface area (Å²) in [5.41, 5.74) is 2.01. The van der Waals surface area contributed by atoms with E-state index in [-0.39, 0.29) is 29.3 Å². The number of ketones is 2. The van der Waals surface area contributed by atoms with Crippen molar-refractivity contribution in [3.63, 3.8) is 0 Å². The molecule has 0 aromatic heterocycles. The number of carbonyl (C=O) groups excluding carboxylic acids is 2. The van der Waals surface area contributed by atoms with E-state index in [0.29, 0.717) is 0 Å². The number of hydrogen-bond acceptors (Lipinski definition) is 4. The fourth-order valence-corrected chi connectivity index (χ4v) is 4.03. The first-order valence-corrected chi connectivity index (χ1v) is 8.13. The molecular weight excluding hydrogens is 304 g/mol. The number of methoxy groups -OCH3 is 2. The Bertz CT molecular complexity index is 698. The molecule has 0 aliphatic heterocycles. The van der Waals surface area contributed by atoms with Crippen LogP contribution in [-0.4, -0.2) is 31.6 Å². The molecule has 0 saturated heterocycles. The summed E-state index contributed by atoms with van der Waals surface area (Å²) in [5, 5.41) is 0. The SMILES string of the molecule is COC1(OC)C(=O)C2C(/C=C/C(C)=O)=CC1CC2c1ccccc1. The van der Waals surface area contributed by atoms with Crippen LogP contribution in [0.3, 0.4) is 0 Å². The second-order valence-corrected chi connectivity index (χ2v) is 6.39. The Morgan fingerprint density at radius 2 is 1.88 bits per heavy atom. The lowest BCUT2D eigenvalue weighted by Crippen LogP contribution is -2.59. The third kappa shape index (κ3) is 2.56. The van der Waals surface area contributed by atoms with Gasteiger partial charge in [0.25, 0.3) is 0 Å². The van der Waals surface area contributed by atoms with Crippen molar-refractivity contribution in [2.75, 3.05) is 14.2 Å². The van der Waals surface area contributed by atoms with Crippen molar-refractivity contribution >= 4 is 11.6 Å². The molecule has 0 spiro atoms. The van der Waals surface area contributed by atoms with Crippen molar-refractivity contribution in [2.45, 2.75) is 25.0 Å². The van der Waals surface area contributed by atoms with Crippen LogP contribution < -0.4 is 0 Å². The molecule has 0 radical (unpaired) electrons. The first-order chi connectivity index (χ1) is 11.5. The van der Waals surface area contributed by atoms with Crippen LogP contribution in [0, 0.1) is 11.8 Å². The van der Waals surface area contributed by atoms with E-state index < -0.39 is 5.79 Å². The number of benzene rings is 1. The summed E-state index contributed by atoms with van der Waals surface area (Å²) < 4.78 is 11.0. The van der Waals surface area contributed by atoms with Crippen molar-refractivity contribution in [2.24, 2.45) is 11.8 Å². The van der Waals surface area contributed by atoms with Gasteiger partial charge in [-0.15, -0.1) is 0 Å². The normalized spacial score (nSPS) is 28.2. The summed E-state index contributed by atoms with van der Waals surface area (Å²) in [6.07, 6.45) is 6.09. The summed E-state index contributed by atoms with van der Waals surface area (Å²) in [6, 6.07) is 10.0. The molecule has 3 atom stereocenters. The molecule has 0 N–H and O–H groups in total. The van der Waals surface area contributed by atoms with E-state index in [0.717, 1.165) is 17.6 Å². The van der Waals surface area contributed by atoms with E-state index in [4.69, 9.17) is 9.47 Å². The standard InChI is InChI=1S/C20H22O4/c1-13(21)9-10-15-11-16-12-17(14-7-5-4-6-8-14)18(15)19(22)20(16,23-2)24-3/h4-11,16-18H,12H2,1-3H3/b10-9+. The highest BCUT2D eigenvalue weighted by Gasteiger charge is 2.59. The number of allylic oxidation sites excluding steroid dienone is 3. The lowest BCUT2D eigenvalue weighted by Gasteiger charge is -2.50. The summed E-state index contributed by atoms with van der Waals surface area (Å²) in [5.74, 6) is -1.80. The molecule has 4 heteroatoms. The maximum atomic E-state index is 13.2. The topological polar surface area (TPSA) is 52.6 Å². The zero-order chi connectivity index (χ0) is 17.3. The minimum absolute atomic E-state index is 0.0363. The summed E-state index contributed by atoms with van der Waals surface area (Å²) >= 11 is 0. The molecule has 0 heterocycles. The molecule has 4 nitrogen and oxygen atoms in total. The highest BCUT2D eigenvalue weighted by Crippen LogP contribution is 2.53. The van der Waals surface area contributed by atoms with Crippen LogP contribution in [-0.2, 0) is 19.1 Å². The Morgan fingerprint density at radius 3 is 2.42 bits per heavy atom. The van der Waals surface area contributed by atoms with Gasteiger partial charge in [-0.05, 0) is 36.5 Å². The van der Waals surface area contributed by atoms with Gasteiger partial charge in [0.1, 0.15) is 0 Å². The second kappa shape index (κ2) is 6.46. The molecule has 3 unspecified atom stereocenters. The monoisotopic (exact) mass is 326 g/mol. The molecule has 1 fully saturated rings. The number of Topliss-reactive ketones (excluding diaryl/α,β-unsaturated/α-hetero) is 1. The number of hydrogen-bond donors (Lipinski definition) is 0. The summed E-state index contributed by atoms with van der Waals surface area (Å²) in [6.45, 7) is 1.50. The first kappa shape index (κ1) is 16.8. The van der Waals surface area contributed by atoms with Crippen LogP contribution in [0.1, 0.15) is 24.8 Å². The van der Waals surface area contributed by atoms with Crippen LogP contribution in [0.4, 0.5) is 0 Å². The molecule has 3 aliphatic rings. The van der Waals surface area contributed by atoms with Gasteiger partial charge in [0, 0.05) is 20.1 Å². The maximum absolute atomic E-state index is 13.2. The maximum Gasteiger partial charge on any atom is 0.235 e. The van der Waals surface area contributed by atoms with Crippen LogP contribution in [0.15, 0.2) is 54.1 Å². The van der Waals surface area contributed by atoms with E-state index in [9.17, 15) is 9.59 Å². The predicted octanol–water partition coefficient (Wildman–Crippen LogP) is 3.05. The van der Waals surface area contributed by atoms with Gasteiger partial charge < -0.3 is 9.47 Å². The van der Waals surface area contributed by atoms with Gasteiger partial charge >= 0.3 is 0 Å². The Morgan fingerprint density at radius 1 is 1.21 bits per heavy atom. The van der Waals surface area contributed by atoms with Gasteiger partial charge in [-0.3, -0.25) is 9.59 Å². The number of ether oxygens (including phenoxy) is 2. The van der Waals surface area contributed by atoms with Crippen LogP contribution in [0.25, 0.3) is 0 Å². The quantitative estimate of drug-likeness (QED) is 0.616. The van der Waals surface area contributed by atoms with Crippen LogP contribution in [0.2, 0.25) is 0 Å². The van der Waals surface area contributed by atoms with Crippen molar-refractivity contribution in [3.05, 3.63) is 59.7 Å². The lowest BCUT2D eigenvalue weighted by molar-refractivity contribution is -0.237. The zero-order valence-electron chi connectivity index (χ0n) is 14.2. The minimum atomic E-state index is -1.22. The van der Waals surface area contributed by atoms with Crippen molar-refractivity contribution < 1.29 is 19.1 Å². The smallest absolute Gasteiger partial charge is 0.235 e. The fourth-order valence-electron chi connectivity index (χ4n) is 4.03. The number of carbonyl (C=O) groups is 2. The van der Waals surface area contributed by atoms with Gasteiger partial charge in [0.2, 0.25) is 11.6 Å².